The molecule has 0 fully saturated rings. The summed E-state index contributed by atoms with van der Waals surface area (Å²) >= 11 is 0. The zero-order valence-electron chi connectivity index (χ0n) is 11.5. The second-order valence-corrected chi connectivity index (χ2v) is 5.08. The molecule has 0 aliphatic heterocycles. The van der Waals surface area contributed by atoms with Gasteiger partial charge in [-0.05, 0) is 41.2 Å². The molecule has 0 saturated carbocycles. The van der Waals surface area contributed by atoms with Crippen LogP contribution >= 0.6 is 0 Å². The van der Waals surface area contributed by atoms with Crippen molar-refractivity contribution in [2.45, 2.75) is 26.7 Å². The third-order valence-corrected chi connectivity index (χ3v) is 3.35. The zero-order valence-corrected chi connectivity index (χ0v) is 11.5. The lowest BCUT2D eigenvalue weighted by atomic mass is 9.91. The van der Waals surface area contributed by atoms with Crippen molar-refractivity contribution in [1.29, 1.82) is 0 Å². The van der Waals surface area contributed by atoms with E-state index in [1.165, 1.54) is 11.1 Å². The molecule has 0 aliphatic rings. The average Bonchev–Trinajstić information content (AvgIpc) is 2.38. The molecular weight excluding hydrogens is 236 g/mol. The molecule has 0 radical (unpaired) electrons. The van der Waals surface area contributed by atoms with Crippen LogP contribution in [0.2, 0.25) is 0 Å². The summed E-state index contributed by atoms with van der Waals surface area (Å²) in [6, 6.07) is 13.8. The number of carbonyl (C=O) groups is 1. The Morgan fingerprint density at radius 2 is 1.79 bits per heavy atom. The van der Waals surface area contributed by atoms with Crippen molar-refractivity contribution in [2.75, 3.05) is 0 Å². The molecule has 0 bridgehead atoms. The fraction of sp³-hybridized carbons (Fsp3) is 0.235. The lowest BCUT2D eigenvalue weighted by molar-refractivity contribution is 0.0696. The summed E-state index contributed by atoms with van der Waals surface area (Å²) in [5, 5.41) is 9.07. The van der Waals surface area contributed by atoms with Crippen LogP contribution in [0, 0.1) is 6.92 Å². The molecule has 0 heterocycles. The maximum Gasteiger partial charge on any atom is 0.335 e. The normalized spacial score (nSPS) is 10.7. The van der Waals surface area contributed by atoms with Crippen LogP contribution in [0.1, 0.15) is 41.3 Å². The van der Waals surface area contributed by atoms with E-state index in [0.717, 1.165) is 11.1 Å². The number of rotatable bonds is 3. The first kappa shape index (κ1) is 13.3. The summed E-state index contributed by atoms with van der Waals surface area (Å²) in [7, 11) is 0. The van der Waals surface area contributed by atoms with Gasteiger partial charge in [-0.25, -0.2) is 4.79 Å². The molecule has 19 heavy (non-hydrogen) atoms. The molecule has 0 atom stereocenters. The maximum absolute atomic E-state index is 11.0. The van der Waals surface area contributed by atoms with Gasteiger partial charge in [0, 0.05) is 0 Å². The van der Waals surface area contributed by atoms with Gasteiger partial charge in [0.1, 0.15) is 0 Å². The molecular formula is C17H18O2. The van der Waals surface area contributed by atoms with Crippen molar-refractivity contribution in [1.82, 2.24) is 0 Å². The van der Waals surface area contributed by atoms with Crippen molar-refractivity contribution in [3.05, 3.63) is 59.2 Å². The number of aryl methyl sites for hydroxylation is 1. The van der Waals surface area contributed by atoms with Crippen molar-refractivity contribution in [2.24, 2.45) is 0 Å². The Hall–Kier alpha value is -2.09. The molecule has 0 unspecified atom stereocenters. The van der Waals surface area contributed by atoms with Crippen LogP contribution in [-0.4, -0.2) is 11.1 Å². The van der Waals surface area contributed by atoms with Gasteiger partial charge < -0.3 is 5.11 Å². The second-order valence-electron chi connectivity index (χ2n) is 5.08. The van der Waals surface area contributed by atoms with Gasteiger partial charge in [0.25, 0.3) is 0 Å². The molecule has 2 rings (SSSR count). The van der Waals surface area contributed by atoms with Crippen LogP contribution < -0.4 is 0 Å². The van der Waals surface area contributed by atoms with Gasteiger partial charge in [-0.1, -0.05) is 50.2 Å². The highest BCUT2D eigenvalue weighted by atomic mass is 16.4. The molecule has 98 valence electrons. The number of hydrogen-bond acceptors (Lipinski definition) is 1. The Balaban J connectivity index is 2.54. The topological polar surface area (TPSA) is 37.3 Å². The molecule has 0 spiro atoms. The first-order chi connectivity index (χ1) is 9.00. The minimum absolute atomic E-state index is 0.366. The Kier molecular flexibility index (Phi) is 3.70. The van der Waals surface area contributed by atoms with E-state index in [1.54, 1.807) is 6.07 Å². The SMILES string of the molecule is Cc1cc(-c2ccccc2C(C)C)ccc1C(=O)O. The van der Waals surface area contributed by atoms with Crippen LogP contribution in [0.5, 0.6) is 0 Å². The van der Waals surface area contributed by atoms with E-state index in [4.69, 9.17) is 5.11 Å². The van der Waals surface area contributed by atoms with Crippen LogP contribution in [0.3, 0.4) is 0 Å². The third-order valence-electron chi connectivity index (χ3n) is 3.35. The van der Waals surface area contributed by atoms with Crippen LogP contribution in [-0.2, 0) is 0 Å². The Morgan fingerprint density at radius 1 is 1.11 bits per heavy atom. The van der Waals surface area contributed by atoms with Gasteiger partial charge in [0.05, 0.1) is 5.56 Å². The fourth-order valence-electron chi connectivity index (χ4n) is 2.33. The highest BCUT2D eigenvalue weighted by Crippen LogP contribution is 2.30. The number of hydrogen-bond donors (Lipinski definition) is 1. The number of benzene rings is 2. The van der Waals surface area contributed by atoms with Gasteiger partial charge in [0.15, 0.2) is 0 Å². The molecule has 2 heteroatoms. The zero-order chi connectivity index (χ0) is 14.0. The molecule has 2 aromatic rings. The van der Waals surface area contributed by atoms with E-state index in [9.17, 15) is 4.79 Å². The second kappa shape index (κ2) is 5.27. The maximum atomic E-state index is 11.0. The average molecular weight is 254 g/mol. The number of carboxylic acids is 1. The van der Waals surface area contributed by atoms with Gasteiger partial charge in [-0.2, -0.15) is 0 Å². The van der Waals surface area contributed by atoms with E-state index >= 15 is 0 Å². The summed E-state index contributed by atoms with van der Waals surface area (Å²) in [4.78, 5) is 11.0. The summed E-state index contributed by atoms with van der Waals surface area (Å²) < 4.78 is 0. The third kappa shape index (κ3) is 2.68. The van der Waals surface area contributed by atoms with Gasteiger partial charge in [-0.15, -0.1) is 0 Å². The highest BCUT2D eigenvalue weighted by molar-refractivity contribution is 5.90. The van der Waals surface area contributed by atoms with Gasteiger partial charge in [0.2, 0.25) is 0 Å². The Bertz CT molecular complexity index is 612. The predicted molar refractivity (Wildman–Crippen MR) is 77.7 cm³/mol. The van der Waals surface area contributed by atoms with Crippen molar-refractivity contribution >= 4 is 5.97 Å². The minimum Gasteiger partial charge on any atom is -0.478 e. The highest BCUT2D eigenvalue weighted by Gasteiger charge is 2.11. The van der Waals surface area contributed by atoms with Crippen LogP contribution in [0.4, 0.5) is 0 Å². The quantitative estimate of drug-likeness (QED) is 0.876. The molecule has 1 N–H and O–H groups in total. The van der Waals surface area contributed by atoms with E-state index in [1.807, 2.05) is 31.2 Å². The summed E-state index contributed by atoms with van der Waals surface area (Å²) in [5.41, 5.74) is 4.70. The van der Waals surface area contributed by atoms with Crippen LogP contribution in [0.15, 0.2) is 42.5 Å². The summed E-state index contributed by atoms with van der Waals surface area (Å²) in [5.74, 6) is -0.433. The fourth-order valence-corrected chi connectivity index (χ4v) is 2.33. The lowest BCUT2D eigenvalue weighted by Gasteiger charge is -2.13. The monoisotopic (exact) mass is 254 g/mol. The number of aromatic carboxylic acids is 1. The lowest BCUT2D eigenvalue weighted by Crippen LogP contribution is -2.00. The number of carboxylic acid groups (broad SMARTS) is 1. The molecule has 0 amide bonds. The minimum atomic E-state index is -0.874. The molecule has 2 aromatic carbocycles. The largest absolute Gasteiger partial charge is 0.478 e. The van der Waals surface area contributed by atoms with Crippen molar-refractivity contribution < 1.29 is 9.90 Å². The van der Waals surface area contributed by atoms with Crippen LogP contribution in [0.25, 0.3) is 11.1 Å². The van der Waals surface area contributed by atoms with E-state index in [2.05, 4.69) is 26.0 Å². The summed E-state index contributed by atoms with van der Waals surface area (Å²) in [6.07, 6.45) is 0. The standard InChI is InChI=1S/C17H18O2/c1-11(2)14-6-4-5-7-16(14)13-8-9-15(17(18)19)12(3)10-13/h4-11H,1-3H3,(H,18,19). The van der Waals surface area contributed by atoms with Gasteiger partial charge in [-0.3, -0.25) is 0 Å². The van der Waals surface area contributed by atoms with Gasteiger partial charge >= 0.3 is 5.97 Å². The predicted octanol–water partition coefficient (Wildman–Crippen LogP) is 4.48. The first-order valence-corrected chi connectivity index (χ1v) is 6.44. The van der Waals surface area contributed by atoms with Crippen molar-refractivity contribution in [3.63, 3.8) is 0 Å². The van der Waals surface area contributed by atoms with E-state index in [-0.39, 0.29) is 0 Å². The van der Waals surface area contributed by atoms with E-state index < -0.39 is 5.97 Å². The van der Waals surface area contributed by atoms with Crippen molar-refractivity contribution in [3.8, 4) is 11.1 Å². The van der Waals surface area contributed by atoms with E-state index in [0.29, 0.717) is 11.5 Å². The summed E-state index contributed by atoms with van der Waals surface area (Å²) in [6.45, 7) is 6.17. The Morgan fingerprint density at radius 3 is 2.37 bits per heavy atom. The first-order valence-electron chi connectivity index (χ1n) is 6.44. The smallest absolute Gasteiger partial charge is 0.335 e. The molecule has 0 aromatic heterocycles. The molecule has 0 saturated heterocycles. The molecule has 0 aliphatic carbocycles. The Labute approximate surface area is 113 Å². The molecule has 2 nitrogen and oxygen atoms in total.